The maximum Gasteiger partial charge on any atom is 0.264 e. The molecule has 6 rings (SSSR count). The van der Waals surface area contributed by atoms with Crippen molar-refractivity contribution in [3.8, 4) is 0 Å². The van der Waals surface area contributed by atoms with Crippen LogP contribution in [0.2, 0.25) is 18.6 Å². The molecule has 3 aromatic rings. The number of hydrogen-bond acceptors (Lipinski definition) is 12. The van der Waals surface area contributed by atoms with E-state index in [9.17, 15) is 39.9 Å². The summed E-state index contributed by atoms with van der Waals surface area (Å²) in [6, 6.07) is 14.4. The Balaban J connectivity index is 1.36. The number of aliphatic hydroxyl groups is 5. The lowest BCUT2D eigenvalue weighted by atomic mass is 9.82. The number of aliphatic hydroxyl groups excluding tert-OH is 5. The molecule has 0 saturated carbocycles. The molecule has 3 aliphatic rings. The van der Waals surface area contributed by atoms with E-state index in [4.69, 9.17) is 9.47 Å². The molecule has 264 valence electrons. The molecule has 4 heterocycles. The predicted molar refractivity (Wildman–Crippen MR) is 176 cm³/mol. The summed E-state index contributed by atoms with van der Waals surface area (Å²) in [6.07, 6.45) is -7.03. The Morgan fingerprint density at radius 2 is 1.80 bits per heavy atom. The highest BCUT2D eigenvalue weighted by atomic mass is 28.4. The first-order valence-electron chi connectivity index (χ1n) is 16.3. The van der Waals surface area contributed by atoms with E-state index in [0.29, 0.717) is 36.3 Å². The number of carbonyl (C=O) groups excluding carboxylic acids is 2. The summed E-state index contributed by atoms with van der Waals surface area (Å²) in [6.45, 7) is 6.15. The molecule has 2 aromatic carbocycles. The van der Waals surface area contributed by atoms with E-state index >= 15 is 0 Å². The van der Waals surface area contributed by atoms with Gasteiger partial charge in [0.25, 0.3) is 11.8 Å². The highest BCUT2D eigenvalue weighted by Gasteiger charge is 2.66. The summed E-state index contributed by atoms with van der Waals surface area (Å²) in [5, 5.41) is 60.5. The molecule has 7 N–H and O–H groups in total. The van der Waals surface area contributed by atoms with Gasteiger partial charge >= 0.3 is 0 Å². The van der Waals surface area contributed by atoms with Crippen LogP contribution in [0.3, 0.4) is 0 Å². The van der Waals surface area contributed by atoms with E-state index in [1.807, 2.05) is 50.3 Å². The molecule has 2 amide bonds. The first kappa shape index (κ1) is 35.3. The molecule has 49 heavy (non-hydrogen) atoms. The fourth-order valence-electron chi connectivity index (χ4n) is 7.58. The summed E-state index contributed by atoms with van der Waals surface area (Å²) < 4.78 is 13.7. The van der Waals surface area contributed by atoms with Crippen LogP contribution < -0.4 is 10.2 Å². The molecule has 15 nitrogen and oxygen atoms in total. The van der Waals surface area contributed by atoms with Crippen molar-refractivity contribution in [1.29, 1.82) is 0 Å². The highest BCUT2D eigenvalue weighted by Crippen LogP contribution is 2.60. The van der Waals surface area contributed by atoms with Crippen LogP contribution in [0.15, 0.2) is 54.7 Å². The Labute approximate surface area is 283 Å². The van der Waals surface area contributed by atoms with Crippen molar-refractivity contribution in [2.75, 3.05) is 16.8 Å². The Hall–Kier alpha value is -3.58. The average molecular weight is 698 g/mol. The normalized spacial score (nSPS) is 31.4. The van der Waals surface area contributed by atoms with E-state index in [2.05, 4.69) is 15.6 Å². The van der Waals surface area contributed by atoms with Crippen LogP contribution in [0.4, 0.5) is 11.4 Å². The molecule has 0 aliphatic carbocycles. The number of ether oxygens (including phenoxy) is 2. The van der Waals surface area contributed by atoms with Crippen molar-refractivity contribution in [3.63, 3.8) is 0 Å². The topological polar surface area (TPSA) is 220 Å². The van der Waals surface area contributed by atoms with Crippen molar-refractivity contribution in [2.24, 2.45) is 5.92 Å². The van der Waals surface area contributed by atoms with Gasteiger partial charge in [-0.1, -0.05) is 42.5 Å². The second-order valence-corrected chi connectivity index (χ2v) is 17.6. The van der Waals surface area contributed by atoms with Crippen LogP contribution in [0.1, 0.15) is 30.2 Å². The van der Waals surface area contributed by atoms with Gasteiger partial charge in [-0.05, 0) is 43.3 Å². The van der Waals surface area contributed by atoms with Gasteiger partial charge in [-0.25, -0.2) is 0 Å². The van der Waals surface area contributed by atoms with Crippen LogP contribution >= 0.6 is 0 Å². The van der Waals surface area contributed by atoms with Gasteiger partial charge in [-0.15, -0.1) is 5.10 Å². The number of nitrogens with zero attached hydrogens (tertiary/aromatic N) is 4. The SMILES string of the molecule is C[C@@H]1[C@@H]([Si](C)(C)O)[C@H](CCn2cc(CCO)nn2)O[C@@]12C(=O)N(Cc1ccccc1)c1ccc(NC(=O)[C@H]3O[C@@H](O)[C@H](O)[C@@H](O)[C@@H]3O)cc12. The van der Waals surface area contributed by atoms with Crippen LogP contribution in [0, 0.1) is 5.92 Å². The van der Waals surface area contributed by atoms with Gasteiger partial charge in [-0.2, -0.15) is 0 Å². The van der Waals surface area contributed by atoms with E-state index < -0.39 is 62.6 Å². The van der Waals surface area contributed by atoms with E-state index in [1.54, 1.807) is 34.0 Å². The highest BCUT2D eigenvalue weighted by molar-refractivity contribution is 6.71. The lowest BCUT2D eigenvalue weighted by Gasteiger charge is -2.37. The lowest BCUT2D eigenvalue weighted by Crippen LogP contribution is -2.60. The fourth-order valence-corrected chi connectivity index (χ4v) is 10.2. The van der Waals surface area contributed by atoms with Crippen molar-refractivity contribution in [1.82, 2.24) is 15.0 Å². The lowest BCUT2D eigenvalue weighted by molar-refractivity contribution is -0.274. The maximum absolute atomic E-state index is 14.8. The second kappa shape index (κ2) is 13.6. The molecule has 0 unspecified atom stereocenters. The molecule has 16 heteroatoms. The maximum atomic E-state index is 14.8. The molecule has 2 saturated heterocycles. The van der Waals surface area contributed by atoms with Gasteiger partial charge in [0.2, 0.25) is 0 Å². The number of aryl methyl sites for hydroxylation is 1. The van der Waals surface area contributed by atoms with Crippen molar-refractivity contribution >= 4 is 31.5 Å². The minimum absolute atomic E-state index is 0.0540. The summed E-state index contributed by atoms with van der Waals surface area (Å²) in [5.74, 6) is -1.67. The van der Waals surface area contributed by atoms with Crippen molar-refractivity contribution < 1.29 is 49.4 Å². The zero-order valence-electron chi connectivity index (χ0n) is 27.5. The Morgan fingerprint density at radius 1 is 1.06 bits per heavy atom. The van der Waals surface area contributed by atoms with E-state index in [-0.39, 0.29) is 30.3 Å². The van der Waals surface area contributed by atoms with E-state index in [0.717, 1.165) is 5.56 Å². The first-order valence-corrected chi connectivity index (χ1v) is 19.4. The second-order valence-electron chi connectivity index (χ2n) is 13.6. The number of nitrogens with one attached hydrogen (secondary N) is 1. The third-order valence-electron chi connectivity index (χ3n) is 9.88. The molecular formula is C33H43N5O10Si. The number of benzene rings is 2. The summed E-state index contributed by atoms with van der Waals surface area (Å²) in [4.78, 5) is 41.3. The number of aromatic nitrogens is 3. The van der Waals surface area contributed by atoms with Gasteiger partial charge in [0.1, 0.15) is 18.3 Å². The van der Waals surface area contributed by atoms with Gasteiger partial charge in [0.05, 0.1) is 24.0 Å². The largest absolute Gasteiger partial charge is 0.432 e. The van der Waals surface area contributed by atoms with Gasteiger partial charge in [0.15, 0.2) is 26.3 Å². The number of fused-ring (bicyclic) bond motifs is 2. The van der Waals surface area contributed by atoms with Crippen LogP contribution in [0.5, 0.6) is 0 Å². The summed E-state index contributed by atoms with van der Waals surface area (Å²) in [5.41, 5.74) is 0.942. The zero-order valence-corrected chi connectivity index (χ0v) is 28.5. The fraction of sp³-hybridized carbons (Fsp3) is 0.515. The number of carbonyl (C=O) groups is 2. The number of hydrogen-bond donors (Lipinski definition) is 7. The van der Waals surface area contributed by atoms with Gasteiger partial charge in [0, 0.05) is 48.5 Å². The first-order chi connectivity index (χ1) is 23.3. The van der Waals surface area contributed by atoms with Gasteiger partial charge < -0.3 is 50.0 Å². The molecule has 3 aliphatic heterocycles. The van der Waals surface area contributed by atoms with Crippen LogP contribution in [-0.2, 0) is 44.2 Å². The number of rotatable bonds is 10. The summed E-state index contributed by atoms with van der Waals surface area (Å²) in [7, 11) is -2.98. The smallest absolute Gasteiger partial charge is 0.264 e. The zero-order chi connectivity index (χ0) is 35.2. The molecule has 0 bridgehead atoms. The molecular weight excluding hydrogens is 654 g/mol. The molecule has 0 radical (unpaired) electrons. The predicted octanol–water partition coefficient (Wildman–Crippen LogP) is -0.0138. The van der Waals surface area contributed by atoms with E-state index in [1.165, 1.54) is 0 Å². The Bertz CT molecular complexity index is 1670. The minimum Gasteiger partial charge on any atom is -0.432 e. The third-order valence-corrected chi connectivity index (χ3v) is 12.4. The van der Waals surface area contributed by atoms with Crippen LogP contribution in [-0.4, -0.2) is 109 Å². The quantitative estimate of drug-likeness (QED) is 0.139. The third kappa shape index (κ3) is 6.44. The van der Waals surface area contributed by atoms with Gasteiger partial charge in [-0.3, -0.25) is 14.3 Å². The molecule has 1 spiro atoms. The molecule has 2 fully saturated rings. The average Bonchev–Trinajstić information content (AvgIpc) is 3.71. The Kier molecular flexibility index (Phi) is 9.80. The Morgan fingerprint density at radius 3 is 2.49 bits per heavy atom. The number of amides is 2. The molecule has 1 aromatic heterocycles. The monoisotopic (exact) mass is 697 g/mol. The van der Waals surface area contributed by atoms with Crippen LogP contribution in [0.25, 0.3) is 0 Å². The molecule has 9 atom stereocenters. The standard InChI is InChI=1S/C33H43N5O10Si/c1-18-29(49(2,3)46)24(11-13-37-17-21(12-14-39)35-36-37)48-33(18)22-15-20(34-30(43)28-26(41)25(40)27(42)31(44)47-28)9-10-23(22)38(32(33)45)16-19-7-5-4-6-8-19/h4-10,15,17-18,24-29,31,39-42,44,46H,11-14,16H2,1-3H3,(H,34,43)/t18-,24+,25+,26+,27-,28+,29-,31-,33+/m1/s1. The summed E-state index contributed by atoms with van der Waals surface area (Å²) >= 11 is 0. The van der Waals surface area contributed by atoms with Crippen molar-refractivity contribution in [2.45, 2.75) is 93.9 Å². The minimum atomic E-state index is -2.98. The number of anilines is 2. The van der Waals surface area contributed by atoms with Crippen molar-refractivity contribution in [3.05, 3.63) is 71.5 Å².